The molecule has 3 nitrogen and oxygen atoms in total. The van der Waals surface area contributed by atoms with Crippen LogP contribution in [0.2, 0.25) is 0 Å². The molecule has 2 rings (SSSR count). The van der Waals surface area contributed by atoms with Crippen LogP contribution in [0.15, 0.2) is 24.3 Å². The zero-order chi connectivity index (χ0) is 13.8. The second-order valence-corrected chi connectivity index (χ2v) is 5.53. The average molecular weight is 260 g/mol. The Hall–Kier alpha value is -1.35. The van der Waals surface area contributed by atoms with Crippen molar-refractivity contribution in [1.29, 1.82) is 0 Å². The van der Waals surface area contributed by atoms with Crippen LogP contribution < -0.4 is 10.6 Å². The molecule has 19 heavy (non-hydrogen) atoms. The number of carbonyl (C=O) groups excluding carboxylic acids is 1. The maximum Gasteiger partial charge on any atom is 0.230 e. The summed E-state index contributed by atoms with van der Waals surface area (Å²) in [6, 6.07) is 8.45. The van der Waals surface area contributed by atoms with Crippen LogP contribution in [0.1, 0.15) is 38.2 Å². The average Bonchev–Trinajstić information content (AvgIpc) is 2.40. The number of hydrogen-bond acceptors (Lipinski definition) is 2. The molecule has 1 saturated carbocycles. The van der Waals surface area contributed by atoms with E-state index >= 15 is 0 Å². The summed E-state index contributed by atoms with van der Waals surface area (Å²) < 4.78 is 0. The van der Waals surface area contributed by atoms with Crippen LogP contribution >= 0.6 is 0 Å². The molecule has 1 amide bonds. The van der Waals surface area contributed by atoms with Gasteiger partial charge in [0.15, 0.2) is 0 Å². The zero-order valence-electron chi connectivity index (χ0n) is 11.9. The summed E-state index contributed by atoms with van der Waals surface area (Å²) in [4.78, 5) is 14.5. The van der Waals surface area contributed by atoms with Gasteiger partial charge in [0.05, 0.1) is 0 Å². The number of anilines is 1. The Morgan fingerprint density at radius 3 is 2.58 bits per heavy atom. The molecule has 0 aliphatic heterocycles. The molecule has 0 unspecified atom stereocenters. The minimum Gasteiger partial charge on any atom is -0.328 e. The molecule has 2 N–H and O–H groups in total. The van der Waals surface area contributed by atoms with E-state index in [0.717, 1.165) is 37.9 Å². The van der Waals surface area contributed by atoms with Gasteiger partial charge in [0.1, 0.15) is 0 Å². The molecule has 0 bridgehead atoms. The number of rotatable bonds is 3. The summed E-state index contributed by atoms with van der Waals surface area (Å²) in [6.07, 6.45) is 3.81. The highest BCUT2D eigenvalue weighted by molar-refractivity contribution is 5.95. The first-order valence-electron chi connectivity index (χ1n) is 7.25. The summed E-state index contributed by atoms with van der Waals surface area (Å²) in [5.41, 5.74) is 8.12. The van der Waals surface area contributed by atoms with Gasteiger partial charge in [-0.15, -0.1) is 0 Å². The molecule has 0 spiro atoms. The van der Waals surface area contributed by atoms with E-state index in [4.69, 9.17) is 5.73 Å². The maximum absolute atomic E-state index is 12.6. The van der Waals surface area contributed by atoms with Crippen LogP contribution in [0.3, 0.4) is 0 Å². The third kappa shape index (κ3) is 3.35. The fraction of sp³-hybridized carbons (Fsp3) is 0.562. The Morgan fingerprint density at radius 2 is 2.00 bits per heavy atom. The predicted molar refractivity (Wildman–Crippen MR) is 79.1 cm³/mol. The largest absolute Gasteiger partial charge is 0.328 e. The second kappa shape index (κ2) is 6.20. The lowest BCUT2D eigenvalue weighted by Gasteiger charge is -2.30. The topological polar surface area (TPSA) is 46.3 Å². The predicted octanol–water partition coefficient (Wildman–Crippen LogP) is 2.87. The van der Waals surface area contributed by atoms with E-state index in [0.29, 0.717) is 0 Å². The van der Waals surface area contributed by atoms with E-state index in [1.807, 2.05) is 24.0 Å². The molecule has 3 heteroatoms. The molecule has 0 aromatic heterocycles. The maximum atomic E-state index is 12.6. The summed E-state index contributed by atoms with van der Waals surface area (Å²) in [5.74, 6) is 0.417. The van der Waals surface area contributed by atoms with Crippen LogP contribution in [-0.4, -0.2) is 18.5 Å². The summed E-state index contributed by atoms with van der Waals surface area (Å²) in [6.45, 7) is 4.82. The molecule has 0 atom stereocenters. The van der Waals surface area contributed by atoms with E-state index in [2.05, 4.69) is 19.1 Å². The van der Waals surface area contributed by atoms with Crippen molar-refractivity contribution in [2.45, 2.75) is 45.6 Å². The number of hydrogen-bond donors (Lipinski definition) is 1. The van der Waals surface area contributed by atoms with Gasteiger partial charge in [0, 0.05) is 24.2 Å². The minimum absolute atomic E-state index is 0.153. The van der Waals surface area contributed by atoms with Gasteiger partial charge in [0.25, 0.3) is 0 Å². The van der Waals surface area contributed by atoms with Crippen molar-refractivity contribution < 1.29 is 4.79 Å². The molecule has 1 aromatic rings. The van der Waals surface area contributed by atoms with Crippen LogP contribution in [0.5, 0.6) is 0 Å². The second-order valence-electron chi connectivity index (χ2n) is 5.53. The highest BCUT2D eigenvalue weighted by atomic mass is 16.2. The first kappa shape index (κ1) is 14.1. The first-order valence-corrected chi connectivity index (χ1v) is 7.25. The number of aryl methyl sites for hydroxylation is 1. The Bertz CT molecular complexity index is 436. The molecule has 1 aliphatic rings. The molecular weight excluding hydrogens is 236 g/mol. The van der Waals surface area contributed by atoms with Crippen molar-refractivity contribution in [3.63, 3.8) is 0 Å². The smallest absolute Gasteiger partial charge is 0.230 e. The van der Waals surface area contributed by atoms with Crippen molar-refractivity contribution in [3.05, 3.63) is 29.8 Å². The van der Waals surface area contributed by atoms with Gasteiger partial charge < -0.3 is 10.6 Å². The Labute approximate surface area is 115 Å². The van der Waals surface area contributed by atoms with Crippen molar-refractivity contribution in [3.8, 4) is 0 Å². The van der Waals surface area contributed by atoms with E-state index in [1.54, 1.807) is 0 Å². The van der Waals surface area contributed by atoms with Gasteiger partial charge in [-0.05, 0) is 57.2 Å². The molecule has 1 aliphatic carbocycles. The summed E-state index contributed by atoms with van der Waals surface area (Å²) in [5, 5.41) is 0. The van der Waals surface area contributed by atoms with E-state index in [-0.39, 0.29) is 17.9 Å². The molecule has 104 valence electrons. The normalized spacial score (nSPS) is 23.1. The number of amides is 1. The number of carbonyl (C=O) groups is 1. The zero-order valence-corrected chi connectivity index (χ0v) is 11.9. The minimum atomic E-state index is 0.153. The lowest BCUT2D eigenvalue weighted by Crippen LogP contribution is -2.39. The van der Waals surface area contributed by atoms with Crippen LogP contribution in [0.25, 0.3) is 0 Å². The van der Waals surface area contributed by atoms with Crippen molar-refractivity contribution in [2.75, 3.05) is 11.4 Å². The Balaban J connectivity index is 2.11. The van der Waals surface area contributed by atoms with Gasteiger partial charge in [-0.25, -0.2) is 0 Å². The van der Waals surface area contributed by atoms with E-state index in [1.165, 1.54) is 5.56 Å². The van der Waals surface area contributed by atoms with Crippen LogP contribution in [0, 0.1) is 12.8 Å². The van der Waals surface area contributed by atoms with E-state index in [9.17, 15) is 4.79 Å². The van der Waals surface area contributed by atoms with Crippen LogP contribution in [-0.2, 0) is 4.79 Å². The molecule has 0 radical (unpaired) electrons. The number of benzene rings is 1. The number of nitrogens with zero attached hydrogens (tertiary/aromatic N) is 1. The Morgan fingerprint density at radius 1 is 1.32 bits per heavy atom. The highest BCUT2D eigenvalue weighted by Crippen LogP contribution is 2.27. The molecule has 0 saturated heterocycles. The van der Waals surface area contributed by atoms with Gasteiger partial charge in [-0.3, -0.25) is 4.79 Å². The summed E-state index contributed by atoms with van der Waals surface area (Å²) >= 11 is 0. The first-order chi connectivity index (χ1) is 9.11. The fourth-order valence-corrected chi connectivity index (χ4v) is 2.85. The third-order valence-electron chi connectivity index (χ3n) is 4.02. The standard InChI is InChI=1S/C16H24N2O/c1-3-18(15-6-4-5-12(2)11-15)16(19)13-7-9-14(17)10-8-13/h4-6,11,13-14H,3,7-10,17H2,1-2H3. The van der Waals surface area contributed by atoms with Gasteiger partial charge in [0.2, 0.25) is 5.91 Å². The van der Waals surface area contributed by atoms with E-state index < -0.39 is 0 Å². The van der Waals surface area contributed by atoms with Gasteiger partial charge >= 0.3 is 0 Å². The fourth-order valence-electron chi connectivity index (χ4n) is 2.85. The molecule has 0 heterocycles. The third-order valence-corrected chi connectivity index (χ3v) is 4.02. The highest BCUT2D eigenvalue weighted by Gasteiger charge is 2.28. The number of nitrogens with two attached hydrogens (primary N) is 1. The molecular formula is C16H24N2O. The SMILES string of the molecule is CCN(C(=O)C1CCC(N)CC1)c1cccc(C)c1. The Kier molecular flexibility index (Phi) is 4.59. The summed E-state index contributed by atoms with van der Waals surface area (Å²) in [7, 11) is 0. The van der Waals surface area contributed by atoms with Crippen molar-refractivity contribution in [2.24, 2.45) is 11.7 Å². The van der Waals surface area contributed by atoms with Crippen molar-refractivity contribution >= 4 is 11.6 Å². The monoisotopic (exact) mass is 260 g/mol. The van der Waals surface area contributed by atoms with Gasteiger partial charge in [-0.2, -0.15) is 0 Å². The molecule has 1 aromatic carbocycles. The lowest BCUT2D eigenvalue weighted by atomic mass is 9.85. The van der Waals surface area contributed by atoms with Gasteiger partial charge in [-0.1, -0.05) is 12.1 Å². The quantitative estimate of drug-likeness (QED) is 0.908. The van der Waals surface area contributed by atoms with Crippen molar-refractivity contribution in [1.82, 2.24) is 0 Å². The lowest BCUT2D eigenvalue weighted by molar-refractivity contribution is -0.123. The van der Waals surface area contributed by atoms with Crippen LogP contribution in [0.4, 0.5) is 5.69 Å². The molecule has 1 fully saturated rings.